The fourth-order valence-corrected chi connectivity index (χ4v) is 2.68. The Morgan fingerprint density at radius 1 is 1.50 bits per heavy atom. The van der Waals surface area contributed by atoms with Crippen molar-refractivity contribution >= 4 is 21.4 Å². The molecule has 0 aliphatic carbocycles. The first-order chi connectivity index (χ1) is 6.77. The first kappa shape index (κ1) is 9.04. The lowest BCUT2D eigenvalue weighted by atomic mass is 10.1. The van der Waals surface area contributed by atoms with Crippen molar-refractivity contribution in [3.05, 3.63) is 29.3 Å². The van der Waals surface area contributed by atoms with Crippen LogP contribution < -0.4 is 0 Å². The van der Waals surface area contributed by atoms with Gasteiger partial charge in [0.15, 0.2) is 5.06 Å². The third-order valence-electron chi connectivity index (χ3n) is 2.27. The van der Waals surface area contributed by atoms with E-state index in [1.54, 1.807) is 6.07 Å². The van der Waals surface area contributed by atoms with Crippen LogP contribution in [0.5, 0.6) is 5.06 Å². The molecule has 0 saturated heterocycles. The van der Waals surface area contributed by atoms with Crippen molar-refractivity contribution in [2.45, 2.75) is 13.3 Å². The van der Waals surface area contributed by atoms with Gasteiger partial charge in [0, 0.05) is 15.6 Å². The molecular formula is C11H9NOS. The summed E-state index contributed by atoms with van der Waals surface area (Å²) in [4.78, 5) is 0. The SMILES string of the molecule is CCc1c(O)sc2cccc(C#N)c12. The molecule has 0 saturated carbocycles. The van der Waals surface area contributed by atoms with E-state index in [0.29, 0.717) is 10.6 Å². The third kappa shape index (κ3) is 1.16. The maximum Gasteiger partial charge on any atom is 0.175 e. The van der Waals surface area contributed by atoms with Gasteiger partial charge in [-0.15, -0.1) is 0 Å². The molecule has 0 aliphatic heterocycles. The van der Waals surface area contributed by atoms with Crippen LogP contribution in [0.4, 0.5) is 0 Å². The second kappa shape index (κ2) is 3.32. The number of hydrogen-bond acceptors (Lipinski definition) is 3. The largest absolute Gasteiger partial charge is 0.499 e. The molecular weight excluding hydrogens is 194 g/mol. The van der Waals surface area contributed by atoms with Gasteiger partial charge < -0.3 is 5.11 Å². The molecule has 0 atom stereocenters. The molecule has 2 rings (SSSR count). The lowest BCUT2D eigenvalue weighted by Crippen LogP contribution is -1.81. The van der Waals surface area contributed by atoms with E-state index in [-0.39, 0.29) is 0 Å². The summed E-state index contributed by atoms with van der Waals surface area (Å²) < 4.78 is 0.985. The molecule has 0 fully saturated rings. The number of benzene rings is 1. The Labute approximate surface area is 86.0 Å². The molecule has 0 amide bonds. The second-order valence-corrected chi connectivity index (χ2v) is 4.06. The molecule has 0 aliphatic rings. The summed E-state index contributed by atoms with van der Waals surface area (Å²) in [6.45, 7) is 1.98. The summed E-state index contributed by atoms with van der Waals surface area (Å²) in [5.74, 6) is 0. The first-order valence-electron chi connectivity index (χ1n) is 4.41. The summed E-state index contributed by atoms with van der Waals surface area (Å²) in [5.41, 5.74) is 1.54. The van der Waals surface area contributed by atoms with E-state index in [4.69, 9.17) is 5.26 Å². The molecule has 2 aromatic rings. The highest BCUT2D eigenvalue weighted by molar-refractivity contribution is 7.21. The van der Waals surface area contributed by atoms with E-state index in [1.165, 1.54) is 11.3 Å². The van der Waals surface area contributed by atoms with Crippen LogP contribution in [0, 0.1) is 11.3 Å². The summed E-state index contributed by atoms with van der Waals surface area (Å²) in [5, 5.41) is 19.9. The Hall–Kier alpha value is -1.53. The molecule has 14 heavy (non-hydrogen) atoms. The Balaban J connectivity index is 2.91. The maximum absolute atomic E-state index is 9.66. The van der Waals surface area contributed by atoms with Crippen molar-refractivity contribution in [1.82, 2.24) is 0 Å². The van der Waals surface area contributed by atoms with Crippen LogP contribution in [0.1, 0.15) is 18.1 Å². The molecule has 0 spiro atoms. The van der Waals surface area contributed by atoms with Crippen molar-refractivity contribution in [2.75, 3.05) is 0 Å². The molecule has 1 aromatic heterocycles. The molecule has 1 heterocycles. The third-order valence-corrected chi connectivity index (χ3v) is 3.27. The molecule has 2 nitrogen and oxygen atoms in total. The minimum atomic E-state index is 0.338. The summed E-state index contributed by atoms with van der Waals surface area (Å²) in [6, 6.07) is 7.71. The normalized spacial score (nSPS) is 10.3. The van der Waals surface area contributed by atoms with E-state index in [1.807, 2.05) is 19.1 Å². The number of thiophene rings is 1. The van der Waals surface area contributed by atoms with E-state index in [9.17, 15) is 5.11 Å². The zero-order valence-electron chi connectivity index (χ0n) is 7.74. The van der Waals surface area contributed by atoms with Gasteiger partial charge >= 0.3 is 0 Å². The highest BCUT2D eigenvalue weighted by Crippen LogP contribution is 2.38. The Morgan fingerprint density at radius 2 is 2.29 bits per heavy atom. The van der Waals surface area contributed by atoms with Crippen molar-refractivity contribution in [2.24, 2.45) is 0 Å². The lowest BCUT2D eigenvalue weighted by Gasteiger charge is -1.96. The van der Waals surface area contributed by atoms with E-state index >= 15 is 0 Å². The van der Waals surface area contributed by atoms with Gasteiger partial charge in [0.1, 0.15) is 0 Å². The number of fused-ring (bicyclic) bond motifs is 1. The summed E-state index contributed by atoms with van der Waals surface area (Å²) in [6.07, 6.45) is 0.754. The van der Waals surface area contributed by atoms with Gasteiger partial charge in [-0.05, 0) is 18.6 Å². The Kier molecular flexibility index (Phi) is 2.14. The van der Waals surface area contributed by atoms with Crippen molar-refractivity contribution in [3.8, 4) is 11.1 Å². The molecule has 0 unspecified atom stereocenters. The smallest absolute Gasteiger partial charge is 0.175 e. The van der Waals surface area contributed by atoms with Crippen LogP contribution in [0.3, 0.4) is 0 Å². The Morgan fingerprint density at radius 3 is 2.93 bits per heavy atom. The highest BCUT2D eigenvalue weighted by Gasteiger charge is 2.12. The standard InChI is InChI=1S/C11H9NOS/c1-2-8-10-7(6-12)4-3-5-9(10)14-11(8)13/h3-5,13H,2H2,1H3. The molecule has 1 N–H and O–H groups in total. The van der Waals surface area contributed by atoms with Crippen molar-refractivity contribution in [1.29, 1.82) is 5.26 Å². The van der Waals surface area contributed by atoms with Gasteiger partial charge in [-0.1, -0.05) is 24.3 Å². The number of nitriles is 1. The Bertz CT molecular complexity index is 522. The fourth-order valence-electron chi connectivity index (χ4n) is 1.62. The number of aromatic hydroxyl groups is 1. The van der Waals surface area contributed by atoms with Crippen LogP contribution in [0.25, 0.3) is 10.1 Å². The molecule has 70 valence electrons. The lowest BCUT2D eigenvalue weighted by molar-refractivity contribution is 0.485. The molecule has 0 bridgehead atoms. The maximum atomic E-state index is 9.66. The van der Waals surface area contributed by atoms with Crippen LogP contribution in [-0.2, 0) is 6.42 Å². The molecule has 1 aromatic carbocycles. The second-order valence-electron chi connectivity index (χ2n) is 3.03. The van der Waals surface area contributed by atoms with Crippen molar-refractivity contribution in [3.63, 3.8) is 0 Å². The highest BCUT2D eigenvalue weighted by atomic mass is 32.1. The average molecular weight is 203 g/mol. The quantitative estimate of drug-likeness (QED) is 0.774. The van der Waals surface area contributed by atoms with Gasteiger partial charge in [0.25, 0.3) is 0 Å². The molecule has 3 heteroatoms. The zero-order valence-corrected chi connectivity index (χ0v) is 8.56. The van der Waals surface area contributed by atoms with Gasteiger partial charge in [-0.2, -0.15) is 5.26 Å². The predicted molar refractivity (Wildman–Crippen MR) is 57.6 cm³/mol. The number of hydrogen-bond donors (Lipinski definition) is 1. The summed E-state index contributed by atoms with van der Waals surface area (Å²) >= 11 is 1.34. The topological polar surface area (TPSA) is 44.0 Å². The van der Waals surface area contributed by atoms with Gasteiger partial charge in [0.2, 0.25) is 0 Å². The molecule has 0 radical (unpaired) electrons. The monoisotopic (exact) mass is 203 g/mol. The van der Waals surface area contributed by atoms with Crippen molar-refractivity contribution < 1.29 is 5.11 Å². The van der Waals surface area contributed by atoms with Crippen LogP contribution >= 0.6 is 11.3 Å². The number of rotatable bonds is 1. The first-order valence-corrected chi connectivity index (χ1v) is 5.23. The van der Waals surface area contributed by atoms with Gasteiger partial charge in [-0.25, -0.2) is 0 Å². The predicted octanol–water partition coefficient (Wildman–Crippen LogP) is 3.04. The number of nitrogens with zero attached hydrogens (tertiary/aromatic N) is 1. The van der Waals surface area contributed by atoms with E-state index < -0.39 is 0 Å². The zero-order chi connectivity index (χ0) is 10.1. The minimum absolute atomic E-state index is 0.338. The van der Waals surface area contributed by atoms with Gasteiger partial charge in [-0.3, -0.25) is 0 Å². The summed E-state index contributed by atoms with van der Waals surface area (Å²) in [7, 11) is 0. The van der Waals surface area contributed by atoms with Crippen LogP contribution in [0.15, 0.2) is 18.2 Å². The average Bonchev–Trinajstić information content (AvgIpc) is 2.52. The minimum Gasteiger partial charge on any atom is -0.499 e. The number of aryl methyl sites for hydroxylation is 1. The van der Waals surface area contributed by atoms with E-state index in [2.05, 4.69) is 6.07 Å². The fraction of sp³-hybridized carbons (Fsp3) is 0.182. The van der Waals surface area contributed by atoms with Crippen LogP contribution in [-0.4, -0.2) is 5.11 Å². The van der Waals surface area contributed by atoms with Crippen LogP contribution in [0.2, 0.25) is 0 Å². The van der Waals surface area contributed by atoms with Gasteiger partial charge in [0.05, 0.1) is 11.6 Å². The van der Waals surface area contributed by atoms with E-state index in [0.717, 1.165) is 22.1 Å².